The molecule has 0 spiro atoms. The number of nitrogens with zero attached hydrogens (tertiary/aromatic N) is 5. The Morgan fingerprint density at radius 2 is 1.86 bits per heavy atom. The Kier molecular flexibility index (Phi) is 7.29. The first-order valence-corrected chi connectivity index (χ1v) is 15.1. The lowest BCUT2D eigenvalue weighted by Crippen LogP contribution is -2.39. The minimum atomic E-state index is -3.70. The lowest BCUT2D eigenvalue weighted by atomic mass is 10.0. The summed E-state index contributed by atoms with van der Waals surface area (Å²) < 4.78 is 30.4. The van der Waals surface area contributed by atoms with Gasteiger partial charge in [0, 0.05) is 30.4 Å². The largest absolute Gasteiger partial charge is 0.305 e. The van der Waals surface area contributed by atoms with Gasteiger partial charge in [-0.15, -0.1) is 0 Å². The number of aromatic amines is 1. The number of rotatable bonds is 6. The highest BCUT2D eigenvalue weighted by molar-refractivity contribution is 7.89. The maximum atomic E-state index is 13.6. The zero-order valence-electron chi connectivity index (χ0n) is 22.9. The number of para-hydroxylation sites is 2. The maximum absolute atomic E-state index is 13.6. The molecule has 9 nitrogen and oxygen atoms in total. The summed E-state index contributed by atoms with van der Waals surface area (Å²) in [6.07, 6.45) is 5.23. The quantitative estimate of drug-likeness (QED) is 0.275. The summed E-state index contributed by atoms with van der Waals surface area (Å²) in [5, 5.41) is 15.3. The molecule has 0 saturated carbocycles. The van der Waals surface area contributed by atoms with Gasteiger partial charge in [-0.1, -0.05) is 49.4 Å². The van der Waals surface area contributed by atoms with Gasteiger partial charge in [-0.2, -0.15) is 14.7 Å². The summed E-state index contributed by atoms with van der Waals surface area (Å²) in [4.78, 5) is 20.2. The van der Waals surface area contributed by atoms with Crippen LogP contribution in [0.25, 0.3) is 39.5 Å². The van der Waals surface area contributed by atoms with Crippen molar-refractivity contribution in [3.8, 4) is 23.0 Å². The van der Waals surface area contributed by atoms with Crippen LogP contribution in [-0.2, 0) is 10.0 Å². The summed E-state index contributed by atoms with van der Waals surface area (Å²) in [7, 11) is -3.70. The Balaban J connectivity index is 1.48. The average molecular weight is 577 g/mol. The minimum absolute atomic E-state index is 0.134. The highest BCUT2D eigenvalue weighted by Crippen LogP contribution is 2.31. The Hall–Kier alpha value is -4.85. The molecule has 1 N–H and O–H groups in total. The van der Waals surface area contributed by atoms with Crippen molar-refractivity contribution in [1.29, 1.82) is 5.26 Å². The third kappa shape index (κ3) is 5.28. The maximum Gasteiger partial charge on any atom is 0.259 e. The molecular formula is C32H28N6O3S. The first-order valence-electron chi connectivity index (χ1n) is 13.7. The highest BCUT2D eigenvalue weighted by atomic mass is 32.2. The predicted molar refractivity (Wildman–Crippen MR) is 162 cm³/mol. The van der Waals surface area contributed by atoms with Crippen molar-refractivity contribution < 1.29 is 8.42 Å². The van der Waals surface area contributed by atoms with E-state index in [9.17, 15) is 18.5 Å². The fourth-order valence-electron chi connectivity index (χ4n) is 5.27. The van der Waals surface area contributed by atoms with Crippen molar-refractivity contribution in [2.45, 2.75) is 24.7 Å². The van der Waals surface area contributed by atoms with Crippen molar-refractivity contribution in [3.05, 3.63) is 107 Å². The molecule has 1 unspecified atom stereocenters. The summed E-state index contributed by atoms with van der Waals surface area (Å²) in [6, 6.07) is 25.3. The smallest absolute Gasteiger partial charge is 0.259 e. The van der Waals surface area contributed by atoms with Crippen LogP contribution < -0.4 is 5.56 Å². The van der Waals surface area contributed by atoms with E-state index in [0.29, 0.717) is 46.7 Å². The fraction of sp³-hybridized carbons (Fsp3) is 0.188. The summed E-state index contributed by atoms with van der Waals surface area (Å²) in [5.41, 5.74) is 2.69. The Labute approximate surface area is 243 Å². The molecule has 0 bridgehead atoms. The molecule has 42 heavy (non-hydrogen) atoms. The first kappa shape index (κ1) is 27.3. The first-order chi connectivity index (χ1) is 20.3. The molecule has 1 aliphatic rings. The predicted octanol–water partition coefficient (Wildman–Crippen LogP) is 5.26. The van der Waals surface area contributed by atoms with Crippen LogP contribution in [0.3, 0.4) is 0 Å². The number of fused-ring (bicyclic) bond motifs is 1. The lowest BCUT2D eigenvalue weighted by molar-refractivity contribution is 0.281. The molecule has 5 aromatic rings. The number of piperidine rings is 1. The minimum Gasteiger partial charge on any atom is -0.305 e. The third-order valence-electron chi connectivity index (χ3n) is 7.42. The summed E-state index contributed by atoms with van der Waals surface area (Å²) in [6.45, 7) is 3.05. The van der Waals surface area contributed by atoms with E-state index in [-0.39, 0.29) is 21.9 Å². The molecule has 2 aromatic heterocycles. The van der Waals surface area contributed by atoms with Crippen molar-refractivity contribution >= 4 is 32.6 Å². The average Bonchev–Trinajstić information content (AvgIpc) is 3.44. The molecular weight excluding hydrogens is 548 g/mol. The number of aromatic nitrogens is 4. The van der Waals surface area contributed by atoms with Crippen LogP contribution in [0, 0.1) is 17.2 Å². The van der Waals surface area contributed by atoms with Gasteiger partial charge in [0.1, 0.15) is 11.8 Å². The molecule has 3 heterocycles. The second kappa shape index (κ2) is 11.2. The van der Waals surface area contributed by atoms with Gasteiger partial charge in [-0.25, -0.2) is 18.1 Å². The standard InChI is InChI=1S/C32H28N6O3S/c1-22-9-8-16-37(20-22)42(40,41)27-13-7-10-23(18-27)30-25(21-38(36-30)26-11-3-2-4-12-26)17-24(19-33)31-34-29-15-6-5-14-28(29)32(39)35-31/h2-7,10-15,17-18,21-22H,8-9,16,20H2,1H3,(H,34,35,39). The van der Waals surface area contributed by atoms with E-state index in [4.69, 9.17) is 5.10 Å². The van der Waals surface area contributed by atoms with Crippen molar-refractivity contribution in [1.82, 2.24) is 24.1 Å². The molecule has 3 aromatic carbocycles. The van der Waals surface area contributed by atoms with E-state index in [1.807, 2.05) is 30.3 Å². The van der Waals surface area contributed by atoms with Crippen molar-refractivity contribution in [2.24, 2.45) is 5.92 Å². The number of benzene rings is 3. The van der Waals surface area contributed by atoms with E-state index in [2.05, 4.69) is 23.0 Å². The molecule has 1 aliphatic heterocycles. The van der Waals surface area contributed by atoms with Crippen LogP contribution in [0.4, 0.5) is 0 Å². The van der Waals surface area contributed by atoms with Gasteiger partial charge in [0.15, 0.2) is 5.82 Å². The highest BCUT2D eigenvalue weighted by Gasteiger charge is 2.29. The molecule has 10 heteroatoms. The number of hydrogen-bond donors (Lipinski definition) is 1. The number of sulfonamides is 1. The van der Waals surface area contributed by atoms with Crippen LogP contribution >= 0.6 is 0 Å². The van der Waals surface area contributed by atoms with E-state index in [1.165, 1.54) is 0 Å². The molecule has 0 aliphatic carbocycles. The number of H-pyrrole nitrogens is 1. The number of nitriles is 1. The molecule has 6 rings (SSSR count). The van der Waals surface area contributed by atoms with Crippen molar-refractivity contribution in [2.75, 3.05) is 13.1 Å². The monoisotopic (exact) mass is 576 g/mol. The second-order valence-corrected chi connectivity index (χ2v) is 12.4. The molecule has 210 valence electrons. The molecule has 0 amide bonds. The van der Waals surface area contributed by atoms with Gasteiger partial charge in [-0.05, 0) is 61.2 Å². The third-order valence-corrected chi connectivity index (χ3v) is 9.28. The summed E-state index contributed by atoms with van der Waals surface area (Å²) >= 11 is 0. The van der Waals surface area contributed by atoms with E-state index >= 15 is 0 Å². The number of hydrogen-bond acceptors (Lipinski definition) is 6. The zero-order chi connectivity index (χ0) is 29.3. The Morgan fingerprint density at radius 3 is 2.64 bits per heavy atom. The van der Waals surface area contributed by atoms with Gasteiger partial charge in [0.05, 0.1) is 27.1 Å². The van der Waals surface area contributed by atoms with Crippen LogP contribution in [0.1, 0.15) is 31.2 Å². The number of nitrogens with one attached hydrogen (secondary N) is 1. The van der Waals surface area contributed by atoms with E-state index < -0.39 is 10.0 Å². The molecule has 1 saturated heterocycles. The Bertz CT molecular complexity index is 2020. The van der Waals surface area contributed by atoms with Crippen LogP contribution in [0.5, 0.6) is 0 Å². The normalized spacial score (nSPS) is 16.4. The van der Waals surface area contributed by atoms with E-state index in [0.717, 1.165) is 18.5 Å². The van der Waals surface area contributed by atoms with Crippen molar-refractivity contribution in [3.63, 3.8) is 0 Å². The van der Waals surface area contributed by atoms with Gasteiger partial charge in [0.2, 0.25) is 10.0 Å². The van der Waals surface area contributed by atoms with Gasteiger partial charge < -0.3 is 4.98 Å². The lowest BCUT2D eigenvalue weighted by Gasteiger charge is -2.30. The van der Waals surface area contributed by atoms with Crippen LogP contribution in [0.15, 0.2) is 94.7 Å². The van der Waals surface area contributed by atoms with Gasteiger partial charge in [0.25, 0.3) is 5.56 Å². The number of allylic oxidation sites excluding steroid dienone is 1. The molecule has 1 fully saturated rings. The molecule has 1 atom stereocenters. The van der Waals surface area contributed by atoms with Crippen LogP contribution in [0.2, 0.25) is 0 Å². The topological polar surface area (TPSA) is 125 Å². The second-order valence-electron chi connectivity index (χ2n) is 10.5. The summed E-state index contributed by atoms with van der Waals surface area (Å²) in [5.74, 6) is 0.435. The fourth-order valence-corrected chi connectivity index (χ4v) is 6.92. The Morgan fingerprint density at radius 1 is 1.07 bits per heavy atom. The SMILES string of the molecule is CC1CCCN(S(=O)(=O)c2cccc(-c3nn(-c4ccccc4)cc3C=C(C#N)c3nc4ccccc4c(=O)[nH]3)c2)C1. The zero-order valence-corrected chi connectivity index (χ0v) is 23.8. The van der Waals surface area contributed by atoms with Gasteiger partial charge >= 0.3 is 0 Å². The van der Waals surface area contributed by atoms with Gasteiger partial charge in [-0.3, -0.25) is 4.79 Å². The molecule has 0 radical (unpaired) electrons. The van der Waals surface area contributed by atoms with Crippen LogP contribution in [-0.4, -0.2) is 45.6 Å². The van der Waals surface area contributed by atoms with E-state index in [1.54, 1.807) is 69.8 Å².